The number of fused-ring (bicyclic) bond motifs is 3. The van der Waals surface area contributed by atoms with Gasteiger partial charge in [-0.15, -0.1) is 11.3 Å². The Labute approximate surface area is 183 Å². The lowest BCUT2D eigenvalue weighted by Crippen LogP contribution is -2.39. The van der Waals surface area contributed by atoms with Crippen molar-refractivity contribution in [1.82, 2.24) is 10.2 Å². The molecule has 0 saturated heterocycles. The minimum atomic E-state index is -0.387. The highest BCUT2D eigenvalue weighted by Crippen LogP contribution is 2.42. The van der Waals surface area contributed by atoms with Gasteiger partial charge in [0.1, 0.15) is 11.2 Å². The summed E-state index contributed by atoms with van der Waals surface area (Å²) in [5.74, 6) is -0.0474. The van der Waals surface area contributed by atoms with E-state index in [1.54, 1.807) is 17.4 Å². The monoisotopic (exact) mass is 443 g/mol. The molecular weight excluding hydrogens is 425 g/mol. The first-order chi connectivity index (χ1) is 14.1. The third-order valence-electron chi connectivity index (χ3n) is 5.46. The van der Waals surface area contributed by atoms with Crippen LogP contribution < -0.4 is 10.6 Å². The van der Waals surface area contributed by atoms with Crippen LogP contribution in [-0.4, -0.2) is 17.4 Å². The molecule has 1 amide bonds. The van der Waals surface area contributed by atoms with E-state index in [4.69, 9.17) is 23.2 Å². The van der Waals surface area contributed by atoms with Gasteiger partial charge in [-0.05, 0) is 23.6 Å². The first kappa shape index (κ1) is 18.9. The van der Waals surface area contributed by atoms with Crippen molar-refractivity contribution >= 4 is 45.4 Å². The molecule has 7 heteroatoms. The molecule has 0 unspecified atom stereocenters. The summed E-state index contributed by atoms with van der Waals surface area (Å²) in [4.78, 5) is 16.6. The lowest BCUT2D eigenvalue weighted by molar-refractivity contribution is 0.0934. The van der Waals surface area contributed by atoms with Crippen LogP contribution >= 0.6 is 34.5 Å². The Hall–Kier alpha value is -2.05. The summed E-state index contributed by atoms with van der Waals surface area (Å²) in [6, 6.07) is 16.0. The topological polar surface area (TPSA) is 44.4 Å². The molecule has 29 heavy (non-hydrogen) atoms. The number of carbonyl (C=O) groups excluding carboxylic acids is 1. The second-order valence-electron chi connectivity index (χ2n) is 7.35. The van der Waals surface area contributed by atoms with Crippen LogP contribution in [0.3, 0.4) is 0 Å². The summed E-state index contributed by atoms with van der Waals surface area (Å²) in [7, 11) is 0. The zero-order valence-corrected chi connectivity index (χ0v) is 17.9. The number of halogens is 2. The van der Waals surface area contributed by atoms with E-state index in [2.05, 4.69) is 39.8 Å². The van der Waals surface area contributed by atoms with Crippen LogP contribution in [0.25, 0.3) is 0 Å². The summed E-state index contributed by atoms with van der Waals surface area (Å²) in [5, 5.41) is 8.36. The number of rotatable bonds is 3. The predicted octanol–water partition coefficient (Wildman–Crippen LogP) is 5.47. The van der Waals surface area contributed by atoms with Crippen LogP contribution in [-0.2, 0) is 19.5 Å². The van der Waals surface area contributed by atoms with Crippen molar-refractivity contribution in [2.24, 2.45) is 0 Å². The van der Waals surface area contributed by atoms with E-state index in [0.717, 1.165) is 42.2 Å². The maximum atomic E-state index is 12.9. The Morgan fingerprint density at radius 1 is 1.07 bits per heavy atom. The molecule has 2 N–H and O–H groups in total. The number of carbonyl (C=O) groups is 1. The number of anilines is 1. The minimum absolute atomic E-state index is 0.0474. The average Bonchev–Trinajstić information content (AvgIpc) is 3.09. The van der Waals surface area contributed by atoms with Gasteiger partial charge in [0.15, 0.2) is 0 Å². The van der Waals surface area contributed by atoms with Crippen molar-refractivity contribution in [3.05, 3.63) is 85.7 Å². The molecule has 0 spiro atoms. The molecule has 2 aliphatic heterocycles. The number of amides is 1. The number of hydrogen-bond donors (Lipinski definition) is 2. The molecule has 3 aromatic rings. The van der Waals surface area contributed by atoms with E-state index in [1.165, 1.54) is 16.0 Å². The van der Waals surface area contributed by atoms with Gasteiger partial charge < -0.3 is 10.6 Å². The fourth-order valence-corrected chi connectivity index (χ4v) is 5.78. The molecule has 5 rings (SSSR count). The van der Waals surface area contributed by atoms with Gasteiger partial charge in [-0.1, -0.05) is 65.7 Å². The average molecular weight is 444 g/mol. The van der Waals surface area contributed by atoms with Crippen molar-refractivity contribution in [3.63, 3.8) is 0 Å². The zero-order valence-electron chi connectivity index (χ0n) is 15.5. The molecule has 0 saturated carbocycles. The molecule has 3 heterocycles. The van der Waals surface area contributed by atoms with Gasteiger partial charge in [0.05, 0.1) is 15.6 Å². The first-order valence-electron chi connectivity index (χ1n) is 9.52. The third-order valence-corrected chi connectivity index (χ3v) is 7.44. The lowest BCUT2D eigenvalue weighted by atomic mass is 10.00. The lowest BCUT2D eigenvalue weighted by Gasteiger charge is -2.29. The van der Waals surface area contributed by atoms with E-state index in [1.807, 2.05) is 18.2 Å². The molecule has 1 aromatic heterocycles. The van der Waals surface area contributed by atoms with Crippen LogP contribution in [0.4, 0.5) is 5.00 Å². The summed E-state index contributed by atoms with van der Waals surface area (Å²) in [6.07, 6.45) is 0.493. The SMILES string of the molecule is O=C1N[C@@H](c2cccc(Cl)c2Cl)Nc2sc3c(c21)CCN(Cc1ccccc1)C3. The number of benzene rings is 2. The number of nitrogens with zero attached hydrogens (tertiary/aromatic N) is 1. The van der Waals surface area contributed by atoms with Crippen LogP contribution in [0.1, 0.15) is 38.1 Å². The molecule has 0 fully saturated rings. The molecule has 4 nitrogen and oxygen atoms in total. The molecule has 0 aliphatic carbocycles. The minimum Gasteiger partial charge on any atom is -0.353 e. The van der Waals surface area contributed by atoms with Gasteiger partial charge >= 0.3 is 0 Å². The maximum Gasteiger partial charge on any atom is 0.256 e. The highest BCUT2D eigenvalue weighted by molar-refractivity contribution is 7.16. The summed E-state index contributed by atoms with van der Waals surface area (Å²) >= 11 is 14.2. The van der Waals surface area contributed by atoms with E-state index < -0.39 is 0 Å². The molecular formula is C22H19Cl2N3OS. The van der Waals surface area contributed by atoms with E-state index in [0.29, 0.717) is 10.0 Å². The van der Waals surface area contributed by atoms with E-state index >= 15 is 0 Å². The van der Waals surface area contributed by atoms with E-state index in [-0.39, 0.29) is 12.1 Å². The number of hydrogen-bond acceptors (Lipinski definition) is 4. The van der Waals surface area contributed by atoms with Gasteiger partial charge in [-0.25, -0.2) is 0 Å². The first-order valence-corrected chi connectivity index (χ1v) is 11.1. The van der Waals surface area contributed by atoms with Crippen molar-refractivity contribution in [3.8, 4) is 0 Å². The van der Waals surface area contributed by atoms with Crippen molar-refractivity contribution < 1.29 is 4.79 Å². The zero-order chi connectivity index (χ0) is 20.0. The normalized spacial score (nSPS) is 18.6. The summed E-state index contributed by atoms with van der Waals surface area (Å²) < 4.78 is 0. The maximum absolute atomic E-state index is 12.9. The highest BCUT2D eigenvalue weighted by atomic mass is 35.5. The predicted molar refractivity (Wildman–Crippen MR) is 119 cm³/mol. The summed E-state index contributed by atoms with van der Waals surface area (Å²) in [6.45, 7) is 2.73. The molecule has 2 aliphatic rings. The Morgan fingerprint density at radius 3 is 2.72 bits per heavy atom. The van der Waals surface area contributed by atoms with Crippen LogP contribution in [0.15, 0.2) is 48.5 Å². The fraction of sp³-hybridized carbons (Fsp3) is 0.227. The van der Waals surface area contributed by atoms with Crippen LogP contribution in [0, 0.1) is 0 Å². The Bertz CT molecular complexity index is 1080. The second-order valence-corrected chi connectivity index (χ2v) is 9.24. The van der Waals surface area contributed by atoms with Gasteiger partial charge in [0, 0.05) is 30.1 Å². The number of thiophene rings is 1. The quantitative estimate of drug-likeness (QED) is 0.563. The largest absolute Gasteiger partial charge is 0.353 e. The molecule has 1 atom stereocenters. The molecule has 0 radical (unpaired) electrons. The van der Waals surface area contributed by atoms with Crippen LogP contribution in [0.2, 0.25) is 10.0 Å². The van der Waals surface area contributed by atoms with Gasteiger partial charge in [-0.3, -0.25) is 9.69 Å². The third kappa shape index (κ3) is 3.53. The summed E-state index contributed by atoms with van der Waals surface area (Å²) in [5.41, 5.74) is 4.05. The van der Waals surface area contributed by atoms with Crippen molar-refractivity contribution in [2.75, 3.05) is 11.9 Å². The van der Waals surface area contributed by atoms with Crippen molar-refractivity contribution in [1.29, 1.82) is 0 Å². The van der Waals surface area contributed by atoms with Gasteiger partial charge in [-0.2, -0.15) is 0 Å². The Balaban J connectivity index is 1.40. The smallest absolute Gasteiger partial charge is 0.256 e. The van der Waals surface area contributed by atoms with Gasteiger partial charge in [0.2, 0.25) is 0 Å². The Morgan fingerprint density at radius 2 is 1.90 bits per heavy atom. The van der Waals surface area contributed by atoms with Crippen molar-refractivity contribution in [2.45, 2.75) is 25.7 Å². The molecule has 2 aromatic carbocycles. The molecule has 148 valence electrons. The number of nitrogens with one attached hydrogen (secondary N) is 2. The van der Waals surface area contributed by atoms with Gasteiger partial charge in [0.25, 0.3) is 5.91 Å². The highest BCUT2D eigenvalue weighted by Gasteiger charge is 2.34. The fourth-order valence-electron chi connectivity index (χ4n) is 4.04. The molecule has 0 bridgehead atoms. The second kappa shape index (κ2) is 7.65. The Kier molecular flexibility index (Phi) is 5.00. The standard InChI is InChI=1S/C22H19Cl2N3OS/c23-16-8-4-7-15(19(16)24)20-25-21(28)18-14-9-10-27(11-13-5-2-1-3-6-13)12-17(14)29-22(18)26-20/h1-8,20,26H,9-12H2,(H,25,28)/t20-/m1/s1. The van der Waals surface area contributed by atoms with Crippen LogP contribution in [0.5, 0.6) is 0 Å². The van der Waals surface area contributed by atoms with E-state index in [9.17, 15) is 4.79 Å².